The second kappa shape index (κ2) is 27.0. The maximum Gasteiger partial charge on any atom is 0.410 e. The summed E-state index contributed by atoms with van der Waals surface area (Å²) in [5, 5.41) is 59.2. The summed E-state index contributed by atoms with van der Waals surface area (Å²) in [6.07, 6.45) is -12.9. The van der Waals surface area contributed by atoms with Crippen molar-refractivity contribution >= 4 is 30.3 Å². The topological polar surface area (TPSA) is 330 Å². The Hall–Kier alpha value is -4.27. The maximum absolute atomic E-state index is 13.8. The number of alkyl carbamates (subject to hydrolysis) is 3. The number of ether oxygens (including phenoxy) is 8. The highest BCUT2D eigenvalue weighted by Gasteiger charge is 2.51. The van der Waals surface area contributed by atoms with Gasteiger partial charge in [0.1, 0.15) is 58.7 Å². The highest BCUT2D eigenvalue weighted by molar-refractivity contribution is 5.81. The molecule has 0 bridgehead atoms. The van der Waals surface area contributed by atoms with Crippen LogP contribution < -0.4 is 32.3 Å². The largest absolute Gasteiger partial charge is 0.467 e. The van der Waals surface area contributed by atoms with Crippen molar-refractivity contribution < 1.29 is 82.3 Å². The van der Waals surface area contributed by atoms with E-state index in [1.54, 1.807) is 96.1 Å². The summed E-state index contributed by atoms with van der Waals surface area (Å²) < 4.78 is 46.7. The molecule has 2 rings (SSSR count). The number of aliphatic hydroxyl groups excluding tert-OH is 4. The molecule has 1 fully saturated rings. The summed E-state index contributed by atoms with van der Waals surface area (Å²) in [4.78, 5) is 66.4. The van der Waals surface area contributed by atoms with Gasteiger partial charge < -0.3 is 95.5 Å². The fraction of sp³-hybridized carbons (Fsp3) is 0.848. The minimum absolute atomic E-state index is 0.0247. The van der Waals surface area contributed by atoms with Gasteiger partial charge in [-0.2, -0.15) is 0 Å². The van der Waals surface area contributed by atoms with Crippen molar-refractivity contribution in [2.24, 2.45) is 5.73 Å². The van der Waals surface area contributed by atoms with E-state index in [-0.39, 0.29) is 32.5 Å². The Morgan fingerprint density at radius 3 is 1.93 bits per heavy atom. The van der Waals surface area contributed by atoms with Gasteiger partial charge in [-0.15, -0.1) is 0 Å². The van der Waals surface area contributed by atoms with Gasteiger partial charge in [0.05, 0.1) is 43.9 Å². The van der Waals surface area contributed by atoms with Crippen LogP contribution in [0.4, 0.5) is 19.2 Å². The third-order valence-electron chi connectivity index (χ3n) is 10.3. The zero-order chi connectivity index (χ0) is 53.5. The van der Waals surface area contributed by atoms with E-state index in [1.807, 2.05) is 0 Å². The van der Waals surface area contributed by atoms with Gasteiger partial charge in [-0.25, -0.2) is 19.2 Å². The molecule has 1 aliphatic carbocycles. The van der Waals surface area contributed by atoms with Crippen LogP contribution in [0.3, 0.4) is 0 Å². The molecule has 1 heterocycles. The van der Waals surface area contributed by atoms with Crippen molar-refractivity contribution in [3.63, 3.8) is 0 Å². The van der Waals surface area contributed by atoms with Crippen molar-refractivity contribution in [3.8, 4) is 0 Å². The molecule has 0 aromatic carbocycles. The molecule has 0 aromatic heterocycles. The van der Waals surface area contributed by atoms with E-state index >= 15 is 0 Å². The Morgan fingerprint density at radius 1 is 0.814 bits per heavy atom. The molecular formula is C46H85N7O17. The number of amides is 5. The lowest BCUT2D eigenvalue weighted by Gasteiger charge is -2.48. The lowest BCUT2D eigenvalue weighted by molar-refractivity contribution is -0.276. The van der Waals surface area contributed by atoms with E-state index in [2.05, 4.69) is 26.6 Å². The molecule has 406 valence electrons. The molecule has 0 aromatic rings. The number of likely N-dealkylation sites (N-methyl/N-ethyl adjacent to an activating group) is 1. The molecule has 0 radical (unpaired) electrons. The summed E-state index contributed by atoms with van der Waals surface area (Å²) >= 11 is 0. The molecule has 12 atom stereocenters. The predicted octanol–water partition coefficient (Wildman–Crippen LogP) is 1.59. The number of nitrogens with zero attached hydrogens (tertiary/aromatic N) is 1. The van der Waals surface area contributed by atoms with Crippen molar-refractivity contribution in [3.05, 3.63) is 11.8 Å². The number of rotatable bonds is 21. The van der Waals surface area contributed by atoms with Crippen LogP contribution in [0, 0.1) is 0 Å². The fourth-order valence-electron chi connectivity index (χ4n) is 6.96. The van der Waals surface area contributed by atoms with Gasteiger partial charge in [0.25, 0.3) is 0 Å². The van der Waals surface area contributed by atoms with Crippen LogP contribution in [-0.2, 0) is 42.7 Å². The fourth-order valence-corrected chi connectivity index (χ4v) is 6.96. The third kappa shape index (κ3) is 22.4. The van der Waals surface area contributed by atoms with E-state index in [0.29, 0.717) is 12.2 Å². The molecule has 0 spiro atoms. The molecule has 24 heteroatoms. The zero-order valence-corrected chi connectivity index (χ0v) is 43.8. The Kier molecular flexibility index (Phi) is 23.8. The molecule has 0 saturated heterocycles. The van der Waals surface area contributed by atoms with Crippen LogP contribution in [0.1, 0.15) is 116 Å². The highest BCUT2D eigenvalue weighted by Crippen LogP contribution is 2.32. The van der Waals surface area contributed by atoms with Crippen LogP contribution in [-0.4, -0.2) is 191 Å². The van der Waals surface area contributed by atoms with Gasteiger partial charge in [-0.1, -0.05) is 0 Å². The molecule has 5 amide bonds. The SMILES string of the molecule is C[C@@H](CN[C@@H]1CC=C(CN)O[C@@H]1O[C@H]1[C@H](O)[C@@H](O[C@@H](OCCO)[C@H](O)[C@H](C)N(C)C(=O)OC(C)(C)C)[C@H](NC(=O)[C@@H](O)CCNC(=O)OC(C)(C)C)C[C@@H]1NC(=O)OC(C)(C)C)NC(=O)OC(C)(C)C. The zero-order valence-electron chi connectivity index (χ0n) is 43.8. The molecular weight excluding hydrogens is 923 g/mol. The molecule has 11 N–H and O–H groups in total. The minimum atomic E-state index is -1.85. The lowest BCUT2D eigenvalue weighted by atomic mass is 9.83. The standard InChI is InChI=1S/C46H85N7O17/c1-25(50-40(60)68-44(6,7)8)24-49-28-17-16-27(23-47)64-37(28)65-35-30(52-41(61)69-45(9,10)11)22-29(51-36(58)31(55)18-19-48-39(59)67-43(3,4)5)34(33(35)57)66-38(63-21-20-54)32(56)26(2)53(15)42(62)70-46(12,13)14/h16,25-26,28-35,37-38,49,54-57H,17-24,47H2,1-15H3,(H,48,59)(H,50,60)(H,51,58)(H,52,61)/t25-,26-,28+,29+,30-,31-,32+,33+,34-,35+,37+,38+/m0/s1. The Bertz CT molecular complexity index is 1710. The van der Waals surface area contributed by atoms with Gasteiger partial charge in [0, 0.05) is 26.2 Å². The summed E-state index contributed by atoms with van der Waals surface area (Å²) in [5.74, 6) is -0.619. The number of hydrogen-bond donors (Lipinski definition) is 10. The van der Waals surface area contributed by atoms with E-state index in [4.69, 9.17) is 43.6 Å². The van der Waals surface area contributed by atoms with E-state index in [9.17, 15) is 44.4 Å². The Morgan fingerprint density at radius 2 is 1.37 bits per heavy atom. The average molecular weight is 1010 g/mol. The number of nitrogens with two attached hydrogens (primary N) is 1. The first-order valence-electron chi connectivity index (χ1n) is 23.7. The van der Waals surface area contributed by atoms with Crippen LogP contribution in [0.5, 0.6) is 0 Å². The first-order valence-corrected chi connectivity index (χ1v) is 23.7. The molecule has 1 saturated carbocycles. The average Bonchev–Trinajstić information content (AvgIpc) is 3.20. The third-order valence-corrected chi connectivity index (χ3v) is 10.3. The molecule has 2 aliphatic rings. The number of nitrogens with one attached hydrogen (secondary N) is 5. The van der Waals surface area contributed by atoms with Gasteiger partial charge in [0.2, 0.25) is 12.2 Å². The molecule has 0 unspecified atom stereocenters. The lowest BCUT2D eigenvalue weighted by Crippen LogP contribution is -2.68. The van der Waals surface area contributed by atoms with E-state index in [1.165, 1.54) is 14.0 Å². The monoisotopic (exact) mass is 1010 g/mol. The minimum Gasteiger partial charge on any atom is -0.467 e. The second-order valence-corrected chi connectivity index (χ2v) is 21.5. The predicted molar refractivity (Wildman–Crippen MR) is 254 cm³/mol. The van der Waals surface area contributed by atoms with Crippen molar-refractivity contribution in [2.75, 3.05) is 39.9 Å². The van der Waals surface area contributed by atoms with Crippen LogP contribution in [0.2, 0.25) is 0 Å². The second-order valence-electron chi connectivity index (χ2n) is 21.5. The number of carbonyl (C=O) groups excluding carboxylic acids is 5. The van der Waals surface area contributed by atoms with Gasteiger partial charge in [-0.3, -0.25) is 4.79 Å². The Balaban J connectivity index is 2.66. The number of aliphatic hydroxyl groups is 4. The summed E-state index contributed by atoms with van der Waals surface area (Å²) in [5.41, 5.74) is 2.59. The van der Waals surface area contributed by atoms with Gasteiger partial charge in [-0.05, 0) is 122 Å². The summed E-state index contributed by atoms with van der Waals surface area (Å²) in [6.45, 7) is 22.5. The number of carbonyl (C=O) groups is 5. The molecule has 70 heavy (non-hydrogen) atoms. The molecule has 1 aliphatic heterocycles. The first kappa shape index (κ1) is 61.8. The van der Waals surface area contributed by atoms with Crippen molar-refractivity contribution in [1.29, 1.82) is 0 Å². The smallest absolute Gasteiger partial charge is 0.410 e. The van der Waals surface area contributed by atoms with Crippen LogP contribution in [0.15, 0.2) is 11.8 Å². The normalized spacial score (nSPS) is 24.2. The number of hydrogen-bond acceptors (Lipinski definition) is 19. The van der Waals surface area contributed by atoms with Crippen LogP contribution >= 0.6 is 0 Å². The van der Waals surface area contributed by atoms with E-state index < -0.39 is 139 Å². The van der Waals surface area contributed by atoms with Crippen molar-refractivity contribution in [2.45, 2.75) is 212 Å². The van der Waals surface area contributed by atoms with Crippen molar-refractivity contribution in [1.82, 2.24) is 31.5 Å². The molecule has 24 nitrogen and oxygen atoms in total. The van der Waals surface area contributed by atoms with E-state index in [0.717, 1.165) is 4.90 Å². The first-order chi connectivity index (χ1) is 32.1. The van der Waals surface area contributed by atoms with Gasteiger partial charge in [0.15, 0.2) is 6.29 Å². The van der Waals surface area contributed by atoms with Crippen LogP contribution in [0.25, 0.3) is 0 Å². The maximum atomic E-state index is 13.8. The van der Waals surface area contributed by atoms with Gasteiger partial charge >= 0.3 is 24.4 Å². The summed E-state index contributed by atoms with van der Waals surface area (Å²) in [7, 11) is 1.38. The summed E-state index contributed by atoms with van der Waals surface area (Å²) in [6, 6.07) is -4.72. The Labute approximate surface area is 412 Å². The highest BCUT2D eigenvalue weighted by atomic mass is 16.7. The quantitative estimate of drug-likeness (QED) is 0.0576.